The van der Waals surface area contributed by atoms with Crippen LogP contribution in [-0.4, -0.2) is 11.7 Å². The molecule has 0 fully saturated rings. The molecule has 1 atom stereocenters. The van der Waals surface area contributed by atoms with Crippen molar-refractivity contribution in [2.24, 2.45) is 5.92 Å². The minimum absolute atomic E-state index is 0.0245. The van der Waals surface area contributed by atoms with Gasteiger partial charge in [-0.3, -0.25) is 0 Å². The summed E-state index contributed by atoms with van der Waals surface area (Å²) in [6.45, 7) is 0.0419. The van der Waals surface area contributed by atoms with Crippen LogP contribution in [-0.2, 0) is 12.8 Å². The Morgan fingerprint density at radius 1 is 1.00 bits per heavy atom. The Morgan fingerprint density at radius 3 is 2.40 bits per heavy atom. The topological polar surface area (TPSA) is 20.2 Å². The zero-order valence-electron chi connectivity index (χ0n) is 10.8. The molecule has 0 radical (unpaired) electrons. The van der Waals surface area contributed by atoms with Gasteiger partial charge in [-0.1, -0.05) is 47.5 Å². The maximum Gasteiger partial charge on any atom is 0.141 e. The van der Waals surface area contributed by atoms with Gasteiger partial charge in [-0.15, -0.1) is 0 Å². The fourth-order valence-corrected chi connectivity index (χ4v) is 2.59. The molecule has 1 nitrogen and oxygen atoms in total. The molecule has 0 aliphatic heterocycles. The summed E-state index contributed by atoms with van der Waals surface area (Å²) in [5.74, 6) is -0.404. The highest BCUT2D eigenvalue weighted by atomic mass is 35.5. The minimum atomic E-state index is -0.429. The van der Waals surface area contributed by atoms with Crippen LogP contribution in [0.25, 0.3) is 0 Å². The van der Waals surface area contributed by atoms with Crippen LogP contribution in [0.2, 0.25) is 10.0 Å². The quantitative estimate of drug-likeness (QED) is 0.860. The molecular weight excluding hydrogens is 298 g/mol. The van der Waals surface area contributed by atoms with Crippen LogP contribution >= 0.6 is 23.2 Å². The number of halogens is 3. The summed E-state index contributed by atoms with van der Waals surface area (Å²) in [5, 5.41) is 10.3. The van der Waals surface area contributed by atoms with Gasteiger partial charge in [0.05, 0.1) is 5.02 Å². The fraction of sp³-hybridized carbons (Fsp3) is 0.250. The lowest BCUT2D eigenvalue weighted by atomic mass is 9.93. The van der Waals surface area contributed by atoms with E-state index < -0.39 is 5.82 Å². The molecule has 0 saturated carbocycles. The first-order valence-corrected chi connectivity index (χ1v) is 7.14. The van der Waals surface area contributed by atoms with Gasteiger partial charge < -0.3 is 5.11 Å². The van der Waals surface area contributed by atoms with Gasteiger partial charge in [0.15, 0.2) is 0 Å². The first-order chi connectivity index (χ1) is 9.60. The Bertz CT molecular complexity index is 586. The van der Waals surface area contributed by atoms with Crippen molar-refractivity contribution in [3.8, 4) is 0 Å². The van der Waals surface area contributed by atoms with Crippen molar-refractivity contribution in [2.75, 3.05) is 6.61 Å². The third-order valence-corrected chi connectivity index (χ3v) is 3.89. The predicted octanol–water partition coefficient (Wildman–Crippen LogP) is 4.53. The summed E-state index contributed by atoms with van der Waals surface area (Å²) >= 11 is 11.9. The molecule has 4 heteroatoms. The molecule has 0 aromatic heterocycles. The van der Waals surface area contributed by atoms with Gasteiger partial charge in [-0.2, -0.15) is 0 Å². The van der Waals surface area contributed by atoms with Crippen molar-refractivity contribution in [1.29, 1.82) is 0 Å². The molecule has 2 rings (SSSR count). The van der Waals surface area contributed by atoms with Crippen LogP contribution in [0.4, 0.5) is 4.39 Å². The van der Waals surface area contributed by atoms with E-state index in [0.717, 1.165) is 11.1 Å². The van der Waals surface area contributed by atoms with Crippen molar-refractivity contribution in [3.63, 3.8) is 0 Å². The summed E-state index contributed by atoms with van der Waals surface area (Å²) in [6, 6.07) is 12.2. The molecule has 0 spiro atoms. The summed E-state index contributed by atoms with van der Waals surface area (Å²) in [7, 11) is 0. The highest BCUT2D eigenvalue weighted by Gasteiger charge is 2.12. The maximum atomic E-state index is 13.1. The smallest absolute Gasteiger partial charge is 0.141 e. The zero-order chi connectivity index (χ0) is 14.5. The van der Waals surface area contributed by atoms with Crippen LogP contribution in [0.5, 0.6) is 0 Å². The third-order valence-electron chi connectivity index (χ3n) is 3.23. The van der Waals surface area contributed by atoms with Crippen LogP contribution in [0.15, 0.2) is 42.5 Å². The number of hydrogen-bond donors (Lipinski definition) is 1. The lowest BCUT2D eigenvalue weighted by Crippen LogP contribution is -2.13. The van der Waals surface area contributed by atoms with E-state index in [1.807, 2.05) is 24.3 Å². The first kappa shape index (κ1) is 15.3. The molecule has 2 aromatic rings. The van der Waals surface area contributed by atoms with Crippen molar-refractivity contribution in [2.45, 2.75) is 12.8 Å². The molecule has 106 valence electrons. The van der Waals surface area contributed by atoms with Crippen molar-refractivity contribution in [1.82, 2.24) is 0 Å². The maximum absolute atomic E-state index is 13.1. The monoisotopic (exact) mass is 312 g/mol. The van der Waals surface area contributed by atoms with E-state index in [2.05, 4.69) is 0 Å². The molecule has 0 aliphatic rings. The average Bonchev–Trinajstić information content (AvgIpc) is 2.44. The summed E-state index contributed by atoms with van der Waals surface area (Å²) in [4.78, 5) is 0. The predicted molar refractivity (Wildman–Crippen MR) is 80.8 cm³/mol. The van der Waals surface area contributed by atoms with Gasteiger partial charge in [0.1, 0.15) is 5.82 Å². The Hall–Kier alpha value is -1.09. The van der Waals surface area contributed by atoms with E-state index in [1.54, 1.807) is 12.1 Å². The van der Waals surface area contributed by atoms with Crippen molar-refractivity contribution < 1.29 is 9.50 Å². The molecule has 0 aliphatic carbocycles. The number of rotatable bonds is 5. The number of aliphatic hydroxyl groups excluding tert-OH is 1. The molecule has 1 unspecified atom stereocenters. The lowest BCUT2D eigenvalue weighted by Gasteiger charge is -2.15. The Kier molecular flexibility index (Phi) is 5.41. The molecular formula is C16H15Cl2FO. The lowest BCUT2D eigenvalue weighted by molar-refractivity contribution is 0.225. The Labute approximate surface area is 128 Å². The highest BCUT2D eigenvalue weighted by molar-refractivity contribution is 6.31. The molecule has 0 heterocycles. The van der Waals surface area contributed by atoms with E-state index in [4.69, 9.17) is 23.2 Å². The van der Waals surface area contributed by atoms with Gasteiger partial charge in [0.25, 0.3) is 0 Å². The van der Waals surface area contributed by atoms with E-state index in [0.29, 0.717) is 17.9 Å². The minimum Gasteiger partial charge on any atom is -0.396 e. The second-order valence-electron chi connectivity index (χ2n) is 4.80. The van der Waals surface area contributed by atoms with Crippen LogP contribution < -0.4 is 0 Å². The molecule has 0 bridgehead atoms. The summed E-state index contributed by atoms with van der Waals surface area (Å²) in [6.07, 6.45) is 1.30. The first-order valence-electron chi connectivity index (χ1n) is 6.38. The number of benzene rings is 2. The number of hydrogen-bond acceptors (Lipinski definition) is 1. The van der Waals surface area contributed by atoms with E-state index >= 15 is 0 Å². The summed E-state index contributed by atoms with van der Waals surface area (Å²) in [5.41, 5.74) is 1.91. The molecule has 0 saturated heterocycles. The third kappa shape index (κ3) is 3.95. The van der Waals surface area contributed by atoms with Crippen LogP contribution in [0.3, 0.4) is 0 Å². The van der Waals surface area contributed by atoms with E-state index in [9.17, 15) is 9.50 Å². The Balaban J connectivity index is 2.09. The standard InChI is InChI=1S/C16H15Cl2FO/c17-14-4-2-1-3-13(14)8-12(10-20)7-11-5-6-16(19)15(18)9-11/h1-6,9,12,20H,7-8,10H2. The van der Waals surface area contributed by atoms with Crippen molar-refractivity contribution >= 4 is 23.2 Å². The average molecular weight is 313 g/mol. The number of aliphatic hydroxyl groups is 1. The van der Waals surface area contributed by atoms with E-state index in [-0.39, 0.29) is 17.5 Å². The SMILES string of the molecule is OCC(Cc1ccc(F)c(Cl)c1)Cc1ccccc1Cl. The normalized spacial score (nSPS) is 12.4. The highest BCUT2D eigenvalue weighted by Crippen LogP contribution is 2.23. The van der Waals surface area contributed by atoms with Gasteiger partial charge in [0.2, 0.25) is 0 Å². The fourth-order valence-electron chi connectivity index (χ4n) is 2.18. The zero-order valence-corrected chi connectivity index (χ0v) is 12.3. The molecule has 0 amide bonds. The molecule has 1 N–H and O–H groups in total. The Morgan fingerprint density at radius 2 is 1.75 bits per heavy atom. The second kappa shape index (κ2) is 7.07. The summed E-state index contributed by atoms with van der Waals surface area (Å²) < 4.78 is 13.1. The van der Waals surface area contributed by atoms with Gasteiger partial charge in [-0.05, 0) is 48.1 Å². The van der Waals surface area contributed by atoms with E-state index in [1.165, 1.54) is 6.07 Å². The second-order valence-corrected chi connectivity index (χ2v) is 5.61. The van der Waals surface area contributed by atoms with Crippen molar-refractivity contribution in [3.05, 3.63) is 69.5 Å². The van der Waals surface area contributed by atoms with Crippen LogP contribution in [0.1, 0.15) is 11.1 Å². The molecule has 2 aromatic carbocycles. The van der Waals surface area contributed by atoms with Crippen LogP contribution in [0, 0.1) is 11.7 Å². The van der Waals surface area contributed by atoms with Gasteiger partial charge in [0, 0.05) is 11.6 Å². The largest absolute Gasteiger partial charge is 0.396 e. The van der Waals surface area contributed by atoms with Gasteiger partial charge in [-0.25, -0.2) is 4.39 Å². The molecule has 20 heavy (non-hydrogen) atoms. The van der Waals surface area contributed by atoms with Gasteiger partial charge >= 0.3 is 0 Å².